The summed E-state index contributed by atoms with van der Waals surface area (Å²) in [5.41, 5.74) is 2.33. The zero-order chi connectivity index (χ0) is 46.6. The van der Waals surface area contributed by atoms with Gasteiger partial charge in [-0.1, -0.05) is 52.0 Å². The maximum Gasteiger partial charge on any atom is 0.325 e. The topological polar surface area (TPSA) is 224 Å². The molecule has 2 unspecified atom stereocenters. The third-order valence-corrected chi connectivity index (χ3v) is 12.0. The Kier molecular flexibility index (Phi) is 18.6. The molecule has 4 rings (SSSR count). The minimum atomic E-state index is -1.47. The number of ketones is 1. The zero-order valence-corrected chi connectivity index (χ0v) is 37.5. The number of carbonyl (C=O) groups excluding carboxylic acids is 6. The molecule has 6 N–H and O–H groups in total. The first-order chi connectivity index (χ1) is 29.8. The van der Waals surface area contributed by atoms with E-state index in [2.05, 4.69) is 16.1 Å². The molecule has 0 bridgehead atoms. The lowest BCUT2D eigenvalue weighted by atomic mass is 9.82. The SMILES string of the molecule is C/C=C/[C@H](O)[C@H](C)[C@@H](O)C1(C(=O)N[C@H](C(=O)N[C@@H](Cc2cc(O)cc(F)c2)C(=O)N2CCCC(C(=O)O[C@@H](CC)/C(C)=C/C=C/C(=O)N3CCCCO3)N2)C(C)C)C[C@@H]1CC(C)=O. The molecule has 63 heavy (non-hydrogen) atoms. The number of halogens is 1. The van der Waals surface area contributed by atoms with E-state index in [1.165, 1.54) is 35.2 Å². The number of allylic oxidation sites excluding steroid dienone is 3. The molecule has 2 heterocycles. The molecule has 9 atom stereocenters. The molecule has 1 aromatic carbocycles. The van der Waals surface area contributed by atoms with Gasteiger partial charge in [0.2, 0.25) is 11.8 Å². The van der Waals surface area contributed by atoms with E-state index >= 15 is 0 Å². The van der Waals surface area contributed by atoms with Crippen LogP contribution in [0.5, 0.6) is 5.75 Å². The Bertz CT molecular complexity index is 1880. The predicted octanol–water partition coefficient (Wildman–Crippen LogP) is 3.49. The standard InChI is InChI=1S/C46H66FN5O11/c1-8-14-37(55)30(7)41(57)46(26-32(46)21-29(6)53)45(61)49-40(27(3)4)42(58)48-36(24-31-22-33(47)25-34(54)23-31)43(59)51-18-13-16-35(50-51)44(60)63-38(9-2)28(5)15-12-17-39(56)52-19-10-11-20-62-52/h8,12,14-15,17,22-23,25,27,30,32,35-38,40-41,50,54-55,57H,9-11,13,16,18-21,24,26H2,1-7H3,(H,48,58)(H,49,61)/b14-8+,17-12+,28-15+/t30-,32-,35?,36-,37-,38-,40-,41+,46?/m0/s1. The van der Waals surface area contributed by atoms with E-state index in [-0.39, 0.29) is 43.1 Å². The third-order valence-electron chi connectivity index (χ3n) is 12.0. The maximum atomic E-state index is 14.5. The largest absolute Gasteiger partial charge is 0.508 e. The number of carbonyl (C=O) groups is 6. The highest BCUT2D eigenvalue weighted by molar-refractivity contribution is 5.95. The molecule has 3 aliphatic rings. The molecule has 16 nitrogen and oxygen atoms in total. The highest BCUT2D eigenvalue weighted by atomic mass is 19.1. The highest BCUT2D eigenvalue weighted by Crippen LogP contribution is 2.59. The molecule has 1 aromatic rings. The van der Waals surface area contributed by atoms with Crippen molar-refractivity contribution in [3.63, 3.8) is 0 Å². The van der Waals surface area contributed by atoms with E-state index in [0.717, 1.165) is 25.0 Å². The van der Waals surface area contributed by atoms with Crippen LogP contribution in [-0.2, 0) is 44.8 Å². The Labute approximate surface area is 369 Å². The van der Waals surface area contributed by atoms with Crippen molar-refractivity contribution in [3.8, 4) is 5.75 Å². The van der Waals surface area contributed by atoms with Crippen LogP contribution < -0.4 is 16.1 Å². The molecule has 1 saturated carbocycles. The number of nitrogens with one attached hydrogen (secondary N) is 3. The van der Waals surface area contributed by atoms with Crippen molar-refractivity contribution >= 4 is 35.4 Å². The van der Waals surface area contributed by atoms with Crippen LogP contribution in [0.2, 0.25) is 0 Å². The number of Topliss-reactive ketones (excluding diaryl/α,β-unsaturated/α-hetero) is 1. The van der Waals surface area contributed by atoms with Gasteiger partial charge in [0.15, 0.2) is 0 Å². The molecular formula is C46H66FN5O11. The number of benzene rings is 1. The van der Waals surface area contributed by atoms with Gasteiger partial charge in [-0.05, 0) is 94.4 Å². The molecule has 3 fully saturated rings. The van der Waals surface area contributed by atoms with Gasteiger partial charge in [0, 0.05) is 44.0 Å². The van der Waals surface area contributed by atoms with Gasteiger partial charge in [-0.3, -0.25) is 33.8 Å². The van der Waals surface area contributed by atoms with Crippen LogP contribution >= 0.6 is 0 Å². The monoisotopic (exact) mass is 883 g/mol. The fourth-order valence-electron chi connectivity index (χ4n) is 8.28. The Morgan fingerprint density at radius 2 is 1.78 bits per heavy atom. The predicted molar refractivity (Wildman–Crippen MR) is 230 cm³/mol. The van der Waals surface area contributed by atoms with E-state index in [0.29, 0.717) is 38.0 Å². The average Bonchev–Trinajstić information content (AvgIpc) is 3.96. The van der Waals surface area contributed by atoms with Gasteiger partial charge in [-0.15, -0.1) is 0 Å². The number of amides is 4. The number of phenols is 1. The summed E-state index contributed by atoms with van der Waals surface area (Å²) in [6.07, 6.45) is 7.40. The molecular weight excluding hydrogens is 818 g/mol. The minimum Gasteiger partial charge on any atom is -0.508 e. The van der Waals surface area contributed by atoms with Crippen LogP contribution in [-0.4, -0.2) is 117 Å². The number of hydrazine groups is 1. The summed E-state index contributed by atoms with van der Waals surface area (Å²) in [7, 11) is 0. The van der Waals surface area contributed by atoms with Crippen molar-refractivity contribution in [2.75, 3.05) is 19.7 Å². The van der Waals surface area contributed by atoms with Crippen LogP contribution in [0.3, 0.4) is 0 Å². The Hall–Kier alpha value is -4.97. The van der Waals surface area contributed by atoms with Crippen molar-refractivity contribution in [1.82, 2.24) is 26.1 Å². The first-order valence-corrected chi connectivity index (χ1v) is 22.0. The second kappa shape index (κ2) is 23.1. The summed E-state index contributed by atoms with van der Waals surface area (Å²) in [5.74, 6) is -6.31. The third kappa shape index (κ3) is 13.5. The lowest BCUT2D eigenvalue weighted by molar-refractivity contribution is -0.191. The van der Waals surface area contributed by atoms with Gasteiger partial charge in [0.1, 0.15) is 41.6 Å². The number of hydroxylamine groups is 2. The molecule has 1 aliphatic carbocycles. The lowest BCUT2D eigenvalue weighted by Gasteiger charge is -2.36. The second-order valence-corrected chi connectivity index (χ2v) is 17.3. The van der Waals surface area contributed by atoms with Gasteiger partial charge in [0.25, 0.3) is 11.8 Å². The molecule has 4 amide bonds. The minimum absolute atomic E-state index is 0.00788. The summed E-state index contributed by atoms with van der Waals surface area (Å²) in [5, 5.41) is 40.4. The van der Waals surface area contributed by atoms with E-state index in [4.69, 9.17) is 9.57 Å². The number of nitrogens with zero attached hydrogens (tertiary/aromatic N) is 2. The number of hydrogen-bond donors (Lipinski definition) is 6. The molecule has 0 aromatic heterocycles. The number of esters is 1. The number of ether oxygens (including phenoxy) is 1. The number of hydrogen-bond acceptors (Lipinski definition) is 12. The molecule has 17 heteroatoms. The number of phenolic OH excluding ortho intramolecular Hbond substituents is 1. The lowest BCUT2D eigenvalue weighted by Crippen LogP contribution is -2.62. The van der Waals surface area contributed by atoms with Crippen LogP contribution in [0.1, 0.15) is 99.0 Å². The van der Waals surface area contributed by atoms with Crippen molar-refractivity contribution in [2.45, 2.75) is 136 Å². The van der Waals surface area contributed by atoms with Gasteiger partial charge in [-0.2, -0.15) is 0 Å². The van der Waals surface area contributed by atoms with E-state index in [1.807, 2.05) is 6.92 Å². The number of aliphatic hydroxyl groups excluding tert-OH is 2. The molecule has 348 valence electrons. The molecule has 0 spiro atoms. The summed E-state index contributed by atoms with van der Waals surface area (Å²) >= 11 is 0. The van der Waals surface area contributed by atoms with Crippen LogP contribution in [0.15, 0.2) is 54.2 Å². The summed E-state index contributed by atoms with van der Waals surface area (Å²) < 4.78 is 20.4. The van der Waals surface area contributed by atoms with Crippen LogP contribution in [0.4, 0.5) is 4.39 Å². The van der Waals surface area contributed by atoms with Crippen LogP contribution in [0, 0.1) is 29.0 Å². The van der Waals surface area contributed by atoms with E-state index in [9.17, 15) is 48.5 Å². The first-order valence-electron chi connectivity index (χ1n) is 22.0. The Balaban J connectivity index is 1.52. The van der Waals surface area contributed by atoms with E-state index in [1.54, 1.807) is 52.8 Å². The summed E-state index contributed by atoms with van der Waals surface area (Å²) in [6, 6.07) is -0.330. The number of aromatic hydroxyl groups is 1. The van der Waals surface area contributed by atoms with Gasteiger partial charge in [-0.25, -0.2) is 14.9 Å². The normalized spacial score (nSPS) is 23.4. The van der Waals surface area contributed by atoms with Crippen LogP contribution in [0.25, 0.3) is 0 Å². The molecule has 0 radical (unpaired) electrons. The number of aliphatic hydroxyl groups is 2. The number of rotatable bonds is 20. The average molecular weight is 884 g/mol. The highest BCUT2D eigenvalue weighted by Gasteiger charge is 2.65. The fourth-order valence-corrected chi connectivity index (χ4v) is 8.28. The quantitative estimate of drug-likeness (QED) is 0.0480. The van der Waals surface area contributed by atoms with Gasteiger partial charge < -0.3 is 35.5 Å². The van der Waals surface area contributed by atoms with Crippen molar-refractivity contribution in [2.24, 2.45) is 23.2 Å². The first kappa shape index (κ1) is 50.7. The summed E-state index contributed by atoms with van der Waals surface area (Å²) in [4.78, 5) is 86.3. The molecule has 2 saturated heterocycles. The summed E-state index contributed by atoms with van der Waals surface area (Å²) in [6.45, 7) is 12.8. The fraction of sp³-hybridized carbons (Fsp3) is 0.609. The molecule has 2 aliphatic heterocycles. The Morgan fingerprint density at radius 3 is 2.40 bits per heavy atom. The van der Waals surface area contributed by atoms with Gasteiger partial charge in [0.05, 0.1) is 24.2 Å². The zero-order valence-electron chi connectivity index (χ0n) is 37.5. The van der Waals surface area contributed by atoms with Crippen molar-refractivity contribution in [1.29, 1.82) is 0 Å². The van der Waals surface area contributed by atoms with E-state index < -0.39 is 94.9 Å². The Morgan fingerprint density at radius 1 is 1.05 bits per heavy atom. The van der Waals surface area contributed by atoms with Gasteiger partial charge >= 0.3 is 5.97 Å². The second-order valence-electron chi connectivity index (χ2n) is 17.3. The smallest absolute Gasteiger partial charge is 0.325 e. The van der Waals surface area contributed by atoms with Crippen molar-refractivity contribution in [3.05, 3.63) is 65.5 Å². The maximum absolute atomic E-state index is 14.5. The van der Waals surface area contributed by atoms with Crippen molar-refractivity contribution < 1.29 is 58.1 Å².